The maximum atomic E-state index is 14.2. The molecule has 328 valence electrons. The number of hydrogen-bond donors (Lipinski definition) is 0. The Labute approximate surface area is 357 Å². The Hall–Kier alpha value is -3.09. The lowest BCUT2D eigenvalue weighted by molar-refractivity contribution is -0.149. The molecule has 0 N–H and O–H groups in total. The molecule has 0 aliphatic heterocycles. The molecule has 3 aromatic rings. The molecule has 59 heavy (non-hydrogen) atoms. The molecule has 0 atom stereocenters. The van der Waals surface area contributed by atoms with E-state index in [-0.39, 0.29) is 17.8 Å². The minimum atomic E-state index is -0.715. The van der Waals surface area contributed by atoms with Gasteiger partial charge in [-0.2, -0.15) is 0 Å². The van der Waals surface area contributed by atoms with Crippen molar-refractivity contribution in [1.82, 2.24) is 0 Å². The second-order valence-electron chi connectivity index (χ2n) is 17.4. The van der Waals surface area contributed by atoms with E-state index in [0.717, 1.165) is 122 Å². The molecule has 0 unspecified atom stereocenters. The van der Waals surface area contributed by atoms with Gasteiger partial charge in [-0.05, 0) is 92.4 Å². The third kappa shape index (κ3) is 21.8. The first-order chi connectivity index (χ1) is 29.1. The fourth-order valence-corrected chi connectivity index (χ4v) is 8.82. The fraction of sp³-hybridized carbons (Fsp3) is 0.642. The fourth-order valence-electron chi connectivity index (χ4n) is 8.82. The largest absolute Gasteiger partial charge is 0.465 e. The number of carbonyl (C=O) groups excluding carboxylic acids is 1. The van der Waals surface area contributed by atoms with Crippen LogP contribution in [-0.4, -0.2) is 25.8 Å². The van der Waals surface area contributed by atoms with E-state index in [1.807, 2.05) is 12.1 Å². The smallest absolute Gasteiger partial charge is 0.308 e. The van der Waals surface area contributed by atoms with Gasteiger partial charge >= 0.3 is 5.97 Å². The number of esters is 1. The van der Waals surface area contributed by atoms with E-state index in [1.165, 1.54) is 81.4 Å². The third-order valence-corrected chi connectivity index (χ3v) is 12.5. The number of ether oxygens (including phenoxy) is 3. The maximum Gasteiger partial charge on any atom is 0.308 e. The van der Waals surface area contributed by atoms with Gasteiger partial charge in [0.25, 0.3) is 0 Å². The highest BCUT2D eigenvalue weighted by molar-refractivity contribution is 5.72. The monoisotopic (exact) mass is 817 g/mol. The summed E-state index contributed by atoms with van der Waals surface area (Å²) in [5, 5.41) is 0. The summed E-state index contributed by atoms with van der Waals surface area (Å²) in [5.74, 6) is -0.387. The van der Waals surface area contributed by atoms with Crippen LogP contribution in [0.25, 0.3) is 0 Å². The summed E-state index contributed by atoms with van der Waals surface area (Å²) in [6.45, 7) is 3.47. The topological polar surface area (TPSA) is 44.8 Å². The molecule has 3 aromatic carbocycles. The molecule has 0 bridgehead atoms. The second-order valence-corrected chi connectivity index (χ2v) is 17.4. The molecule has 6 heteroatoms. The molecular weight excluding hydrogens is 739 g/mol. The molecule has 1 saturated carbocycles. The van der Waals surface area contributed by atoms with Gasteiger partial charge in [-0.25, -0.2) is 8.78 Å². The van der Waals surface area contributed by atoms with Crippen LogP contribution in [0.4, 0.5) is 8.78 Å². The lowest BCUT2D eigenvalue weighted by Gasteiger charge is -2.29. The molecule has 1 fully saturated rings. The zero-order chi connectivity index (χ0) is 41.4. The number of hydrogen-bond acceptors (Lipinski definition) is 4. The van der Waals surface area contributed by atoms with E-state index in [1.54, 1.807) is 12.1 Å². The van der Waals surface area contributed by atoms with Crippen LogP contribution in [0.15, 0.2) is 78.9 Å². The number of rotatable bonds is 34. The van der Waals surface area contributed by atoms with Crippen LogP contribution in [0.1, 0.15) is 190 Å². The van der Waals surface area contributed by atoms with Crippen molar-refractivity contribution >= 4 is 5.97 Å². The molecule has 0 saturated heterocycles. The highest BCUT2D eigenvalue weighted by atomic mass is 19.2. The molecule has 0 amide bonds. The van der Waals surface area contributed by atoms with E-state index in [0.29, 0.717) is 25.4 Å². The lowest BCUT2D eigenvalue weighted by Crippen LogP contribution is -2.18. The quantitative estimate of drug-likeness (QED) is 0.0445. The zero-order valence-electron chi connectivity index (χ0n) is 36.5. The predicted octanol–water partition coefficient (Wildman–Crippen LogP) is 15.4. The summed E-state index contributed by atoms with van der Waals surface area (Å²) in [6, 6.07) is 25.3. The molecule has 1 aliphatic rings. The summed E-state index contributed by atoms with van der Waals surface area (Å²) in [4.78, 5) is 13.2. The van der Waals surface area contributed by atoms with E-state index >= 15 is 0 Å². The van der Waals surface area contributed by atoms with Gasteiger partial charge in [-0.3, -0.25) is 4.79 Å². The van der Waals surface area contributed by atoms with Crippen molar-refractivity contribution in [2.24, 2.45) is 11.8 Å². The van der Waals surface area contributed by atoms with E-state index in [9.17, 15) is 13.6 Å². The average Bonchev–Trinajstić information content (AvgIpc) is 3.26. The van der Waals surface area contributed by atoms with Crippen molar-refractivity contribution in [2.45, 2.75) is 186 Å². The third-order valence-electron chi connectivity index (χ3n) is 12.5. The average molecular weight is 817 g/mol. The minimum absolute atomic E-state index is 0.0129. The van der Waals surface area contributed by atoms with Gasteiger partial charge in [-0.1, -0.05) is 182 Å². The highest BCUT2D eigenvalue weighted by Crippen LogP contribution is 2.39. The first-order valence-corrected chi connectivity index (χ1v) is 23.9. The van der Waals surface area contributed by atoms with Crippen molar-refractivity contribution in [3.8, 4) is 0 Å². The van der Waals surface area contributed by atoms with E-state index < -0.39 is 11.6 Å². The maximum absolute atomic E-state index is 14.2. The Balaban J connectivity index is 0.962. The van der Waals surface area contributed by atoms with Gasteiger partial charge in [-0.15, -0.1) is 0 Å². The number of carbonyl (C=O) groups is 1. The molecule has 0 spiro atoms. The molecular formula is C53H78F2O4. The summed E-state index contributed by atoms with van der Waals surface area (Å²) < 4.78 is 45.4. The Morgan fingerprint density at radius 3 is 1.49 bits per heavy atom. The molecule has 4 rings (SSSR count). The van der Waals surface area contributed by atoms with Crippen molar-refractivity contribution in [3.05, 3.63) is 107 Å². The lowest BCUT2D eigenvalue weighted by atomic mass is 9.77. The standard InChI is InChI=1S/C53H78F2O4/c54-51-35-26-34-50(52(51)55)48-38-36-45(37-39-48)27-16-8-6-4-2-1-3-5-7-11-25-42-59-53(56)49(32-21-9-12-23-40-57-43-46-28-17-14-18-29-46)33-22-10-13-24-41-58-44-47-30-19-15-20-31-47/h14-15,17-20,26,28-31,34-35,45,48-49H,1-13,16,21-25,27,32-33,36-44H2. The Bertz CT molecular complexity index is 1400. The van der Waals surface area contributed by atoms with E-state index in [4.69, 9.17) is 14.2 Å². The number of halogens is 2. The summed E-state index contributed by atoms with van der Waals surface area (Å²) >= 11 is 0. The Morgan fingerprint density at radius 1 is 0.508 bits per heavy atom. The second kappa shape index (κ2) is 31.7. The molecule has 0 aromatic heterocycles. The first kappa shape index (κ1) is 48.6. The van der Waals surface area contributed by atoms with Crippen LogP contribution < -0.4 is 0 Å². The van der Waals surface area contributed by atoms with Crippen LogP contribution in [0.2, 0.25) is 0 Å². The van der Waals surface area contributed by atoms with Crippen LogP contribution in [-0.2, 0) is 32.2 Å². The molecule has 1 aliphatic carbocycles. The van der Waals surface area contributed by atoms with Gasteiger partial charge in [0.1, 0.15) is 0 Å². The number of benzene rings is 3. The van der Waals surface area contributed by atoms with Crippen LogP contribution in [0.3, 0.4) is 0 Å². The van der Waals surface area contributed by atoms with Gasteiger partial charge in [0.05, 0.1) is 25.7 Å². The van der Waals surface area contributed by atoms with Crippen molar-refractivity contribution < 1.29 is 27.8 Å². The molecule has 0 radical (unpaired) electrons. The SMILES string of the molecule is O=C(OCCCCCCCCCCCCCC1CCC(c2cccc(F)c2F)CC1)C(CCCCCCOCc1ccccc1)CCCCCCOCc1ccccc1. The van der Waals surface area contributed by atoms with Crippen LogP contribution in [0.5, 0.6) is 0 Å². The van der Waals surface area contributed by atoms with Gasteiger partial charge < -0.3 is 14.2 Å². The van der Waals surface area contributed by atoms with Crippen molar-refractivity contribution in [3.63, 3.8) is 0 Å². The van der Waals surface area contributed by atoms with Crippen LogP contribution in [0, 0.1) is 23.5 Å². The van der Waals surface area contributed by atoms with Crippen LogP contribution >= 0.6 is 0 Å². The normalized spacial score (nSPS) is 15.5. The molecule has 0 heterocycles. The van der Waals surface area contributed by atoms with Crippen molar-refractivity contribution in [2.75, 3.05) is 19.8 Å². The first-order valence-electron chi connectivity index (χ1n) is 23.9. The highest BCUT2D eigenvalue weighted by Gasteiger charge is 2.25. The summed E-state index contributed by atoms with van der Waals surface area (Å²) in [5.41, 5.74) is 3.02. The summed E-state index contributed by atoms with van der Waals surface area (Å²) in [6.07, 6.45) is 30.0. The number of unbranched alkanes of at least 4 members (excludes halogenated alkanes) is 16. The van der Waals surface area contributed by atoms with Gasteiger partial charge in [0.15, 0.2) is 11.6 Å². The Morgan fingerprint density at radius 2 is 0.966 bits per heavy atom. The van der Waals surface area contributed by atoms with Crippen molar-refractivity contribution in [1.29, 1.82) is 0 Å². The zero-order valence-corrected chi connectivity index (χ0v) is 36.5. The van der Waals surface area contributed by atoms with Gasteiger partial charge in [0.2, 0.25) is 0 Å². The molecule has 4 nitrogen and oxygen atoms in total. The predicted molar refractivity (Wildman–Crippen MR) is 239 cm³/mol. The minimum Gasteiger partial charge on any atom is -0.465 e. The van der Waals surface area contributed by atoms with Gasteiger partial charge in [0, 0.05) is 13.2 Å². The Kier molecular flexibility index (Phi) is 26.1. The van der Waals surface area contributed by atoms with E-state index in [2.05, 4.69) is 48.5 Å². The summed E-state index contributed by atoms with van der Waals surface area (Å²) in [7, 11) is 0.